The van der Waals surface area contributed by atoms with Crippen LogP contribution in [0.5, 0.6) is 0 Å². The zero-order chi connectivity index (χ0) is 17.4. The number of nitrogens with zero attached hydrogens (tertiary/aromatic N) is 3. The molecule has 1 aromatic carbocycles. The van der Waals surface area contributed by atoms with E-state index in [1.54, 1.807) is 37.3 Å². The topological polar surface area (TPSA) is 94.1 Å². The third kappa shape index (κ3) is 3.41. The Morgan fingerprint density at radius 1 is 1.24 bits per heavy atom. The van der Waals surface area contributed by atoms with Crippen LogP contribution in [-0.2, 0) is 0 Å². The molecule has 0 radical (unpaired) electrons. The summed E-state index contributed by atoms with van der Waals surface area (Å²) in [4.78, 5) is 16.8. The summed E-state index contributed by atoms with van der Waals surface area (Å²) in [6.45, 7) is 1.69. The first-order valence-electron chi connectivity index (χ1n) is 7.93. The van der Waals surface area contributed by atoms with Crippen LogP contribution in [0.15, 0.2) is 39.4 Å². The lowest BCUT2D eigenvalue weighted by molar-refractivity contribution is 0.0932. The van der Waals surface area contributed by atoms with Crippen LogP contribution in [0.25, 0.3) is 0 Å². The standard InChI is InChI=1S/C17H15ClN4O3/c1-9-19-16(22-24-9)15(11-4-6-12(18)7-5-11)20-17(23)13-8-14(25-21-13)10-2-3-10/h4-8,10,15H,2-3H2,1H3,(H,20,23)/t15-/m0/s1. The van der Waals surface area contributed by atoms with Crippen molar-refractivity contribution in [3.05, 3.63) is 64.1 Å². The van der Waals surface area contributed by atoms with Crippen LogP contribution in [-0.4, -0.2) is 21.2 Å². The van der Waals surface area contributed by atoms with Crippen molar-refractivity contribution in [3.8, 4) is 0 Å². The molecule has 1 saturated carbocycles. The molecule has 0 aliphatic heterocycles. The summed E-state index contributed by atoms with van der Waals surface area (Å²) < 4.78 is 10.3. The second-order valence-electron chi connectivity index (χ2n) is 6.02. The summed E-state index contributed by atoms with van der Waals surface area (Å²) in [7, 11) is 0. The normalized spacial score (nSPS) is 15.1. The van der Waals surface area contributed by atoms with Crippen LogP contribution >= 0.6 is 11.6 Å². The van der Waals surface area contributed by atoms with Gasteiger partial charge in [0, 0.05) is 23.9 Å². The largest absolute Gasteiger partial charge is 0.360 e. The maximum atomic E-state index is 12.6. The van der Waals surface area contributed by atoms with Crippen molar-refractivity contribution in [1.29, 1.82) is 0 Å². The first kappa shape index (κ1) is 15.8. The average molecular weight is 359 g/mol. The highest BCUT2D eigenvalue weighted by molar-refractivity contribution is 6.30. The Morgan fingerprint density at radius 2 is 2.00 bits per heavy atom. The van der Waals surface area contributed by atoms with Crippen LogP contribution in [0.3, 0.4) is 0 Å². The molecule has 0 saturated heterocycles. The van der Waals surface area contributed by atoms with Crippen molar-refractivity contribution in [2.75, 3.05) is 0 Å². The van der Waals surface area contributed by atoms with Gasteiger partial charge in [-0.05, 0) is 30.5 Å². The van der Waals surface area contributed by atoms with Crippen LogP contribution in [0.4, 0.5) is 0 Å². The molecule has 1 amide bonds. The molecule has 8 heteroatoms. The highest BCUT2D eigenvalue weighted by atomic mass is 35.5. The van der Waals surface area contributed by atoms with Gasteiger partial charge in [0.25, 0.3) is 5.91 Å². The fourth-order valence-corrected chi connectivity index (χ4v) is 2.67. The van der Waals surface area contributed by atoms with Gasteiger partial charge in [-0.2, -0.15) is 4.98 Å². The smallest absolute Gasteiger partial charge is 0.274 e. The number of hydrogen-bond acceptors (Lipinski definition) is 6. The Balaban J connectivity index is 1.60. The monoisotopic (exact) mass is 358 g/mol. The second kappa shape index (κ2) is 6.33. The SMILES string of the molecule is Cc1nc([C@@H](NC(=O)c2cc(C3CC3)on2)c2ccc(Cl)cc2)no1. The molecule has 1 aliphatic rings. The zero-order valence-corrected chi connectivity index (χ0v) is 14.2. The van der Waals surface area contributed by atoms with Gasteiger partial charge in [0.15, 0.2) is 11.5 Å². The minimum Gasteiger partial charge on any atom is -0.360 e. The predicted octanol–water partition coefficient (Wildman–Crippen LogP) is 3.42. The van der Waals surface area contributed by atoms with Gasteiger partial charge in [-0.1, -0.05) is 34.0 Å². The molecule has 128 valence electrons. The molecular weight excluding hydrogens is 344 g/mol. The van der Waals surface area contributed by atoms with E-state index in [0.717, 1.165) is 24.2 Å². The first-order chi connectivity index (χ1) is 12.1. The number of nitrogens with one attached hydrogen (secondary N) is 1. The molecule has 0 spiro atoms. The van der Waals surface area contributed by atoms with Crippen molar-refractivity contribution in [3.63, 3.8) is 0 Å². The lowest BCUT2D eigenvalue weighted by atomic mass is 10.1. The summed E-state index contributed by atoms with van der Waals surface area (Å²) in [5.74, 6) is 1.56. The van der Waals surface area contributed by atoms with Gasteiger partial charge in [0.05, 0.1) is 0 Å². The molecule has 0 bridgehead atoms. The maximum absolute atomic E-state index is 12.6. The molecular formula is C17H15ClN4O3. The van der Waals surface area contributed by atoms with E-state index in [9.17, 15) is 4.79 Å². The van der Waals surface area contributed by atoms with Crippen molar-refractivity contribution < 1.29 is 13.8 Å². The van der Waals surface area contributed by atoms with Crippen LogP contribution in [0.1, 0.15) is 58.3 Å². The van der Waals surface area contributed by atoms with Gasteiger partial charge in [-0.25, -0.2) is 0 Å². The van der Waals surface area contributed by atoms with E-state index >= 15 is 0 Å². The Hall–Kier alpha value is -2.67. The van der Waals surface area contributed by atoms with Gasteiger partial charge in [0.2, 0.25) is 5.89 Å². The summed E-state index contributed by atoms with van der Waals surface area (Å²) in [6, 6.07) is 8.19. The van der Waals surface area contributed by atoms with Crippen molar-refractivity contribution >= 4 is 17.5 Å². The van der Waals surface area contributed by atoms with Gasteiger partial charge >= 0.3 is 0 Å². The Morgan fingerprint density at radius 3 is 2.64 bits per heavy atom. The van der Waals surface area contributed by atoms with Gasteiger partial charge in [-0.15, -0.1) is 0 Å². The molecule has 4 rings (SSSR count). The van der Waals surface area contributed by atoms with Crippen molar-refractivity contribution in [1.82, 2.24) is 20.6 Å². The van der Waals surface area contributed by atoms with Gasteiger partial charge in [-0.3, -0.25) is 4.79 Å². The van der Waals surface area contributed by atoms with Crippen molar-refractivity contribution in [2.24, 2.45) is 0 Å². The third-order valence-corrected chi connectivity index (χ3v) is 4.27. The second-order valence-corrected chi connectivity index (χ2v) is 6.45. The van der Waals surface area contributed by atoms with E-state index in [1.807, 2.05) is 0 Å². The van der Waals surface area contributed by atoms with E-state index in [-0.39, 0.29) is 11.6 Å². The molecule has 2 aromatic heterocycles. The highest BCUT2D eigenvalue weighted by Crippen LogP contribution is 2.40. The minimum atomic E-state index is -0.580. The van der Waals surface area contributed by atoms with E-state index in [1.165, 1.54) is 0 Å². The van der Waals surface area contributed by atoms with E-state index in [2.05, 4.69) is 20.6 Å². The Kier molecular flexibility index (Phi) is 4.01. The molecule has 2 heterocycles. The van der Waals surface area contributed by atoms with Crippen LogP contribution in [0, 0.1) is 6.92 Å². The Bertz CT molecular complexity index is 899. The number of carbonyl (C=O) groups is 1. The molecule has 3 aromatic rings. The van der Waals surface area contributed by atoms with Crippen LogP contribution < -0.4 is 5.32 Å². The molecule has 1 aliphatic carbocycles. The quantitative estimate of drug-likeness (QED) is 0.751. The Labute approximate surface area is 148 Å². The summed E-state index contributed by atoms with van der Waals surface area (Å²) in [6.07, 6.45) is 2.15. The number of hydrogen-bond donors (Lipinski definition) is 1. The molecule has 0 unspecified atom stereocenters. The molecule has 1 fully saturated rings. The fourth-order valence-electron chi connectivity index (χ4n) is 2.55. The van der Waals surface area contributed by atoms with Crippen molar-refractivity contribution in [2.45, 2.75) is 31.7 Å². The molecule has 7 nitrogen and oxygen atoms in total. The first-order valence-corrected chi connectivity index (χ1v) is 8.31. The number of rotatable bonds is 5. The molecule has 1 N–H and O–H groups in total. The molecule has 1 atom stereocenters. The maximum Gasteiger partial charge on any atom is 0.274 e. The number of benzene rings is 1. The predicted molar refractivity (Wildman–Crippen MR) is 88.3 cm³/mol. The number of aryl methyl sites for hydroxylation is 1. The summed E-state index contributed by atoms with van der Waals surface area (Å²) >= 11 is 5.95. The summed E-state index contributed by atoms with van der Waals surface area (Å²) in [5.41, 5.74) is 1.02. The highest BCUT2D eigenvalue weighted by Gasteiger charge is 2.30. The zero-order valence-electron chi connectivity index (χ0n) is 13.4. The molecule has 25 heavy (non-hydrogen) atoms. The third-order valence-electron chi connectivity index (χ3n) is 4.02. The lowest BCUT2D eigenvalue weighted by Crippen LogP contribution is -2.30. The van der Waals surface area contributed by atoms with E-state index in [0.29, 0.717) is 22.7 Å². The summed E-state index contributed by atoms with van der Waals surface area (Å²) in [5, 5.41) is 11.3. The van der Waals surface area contributed by atoms with Crippen LogP contribution in [0.2, 0.25) is 5.02 Å². The number of carbonyl (C=O) groups excluding carboxylic acids is 1. The lowest BCUT2D eigenvalue weighted by Gasteiger charge is -2.15. The minimum absolute atomic E-state index is 0.237. The number of aromatic nitrogens is 3. The average Bonchev–Trinajstić information content (AvgIpc) is 3.17. The fraction of sp³-hybridized carbons (Fsp3) is 0.294. The number of halogens is 1. The van der Waals surface area contributed by atoms with Gasteiger partial charge in [0.1, 0.15) is 11.8 Å². The van der Waals surface area contributed by atoms with E-state index in [4.69, 9.17) is 20.6 Å². The number of amides is 1. The van der Waals surface area contributed by atoms with E-state index < -0.39 is 6.04 Å². The van der Waals surface area contributed by atoms with Gasteiger partial charge < -0.3 is 14.4 Å².